The molecule has 0 aromatic heterocycles. The quantitative estimate of drug-likeness (QED) is 0.811. The highest BCUT2D eigenvalue weighted by Gasteiger charge is 2.29. The number of rotatable bonds is 4. The fraction of sp³-hybridized carbons (Fsp3) is 0.385. The Kier molecular flexibility index (Phi) is 4.15. The average Bonchev–Trinajstić information content (AvgIpc) is 3.21. The van der Waals surface area contributed by atoms with Crippen LogP contribution in [0.15, 0.2) is 24.3 Å². The Morgan fingerprint density at radius 3 is 2.61 bits per heavy atom. The largest absolute Gasteiger partial charge is 0.497 e. The molecule has 0 radical (unpaired) electrons. The number of nitrogens with one attached hydrogen (secondary N) is 2. The number of carbonyl (C=O) groups is 1. The van der Waals surface area contributed by atoms with Crippen molar-refractivity contribution < 1.29 is 9.53 Å². The second-order valence-electron chi connectivity index (χ2n) is 4.29. The molecule has 0 saturated heterocycles. The zero-order chi connectivity index (χ0) is 13.0. The molecule has 0 bridgehead atoms. The molecule has 1 aliphatic carbocycles. The van der Waals surface area contributed by atoms with E-state index in [9.17, 15) is 4.79 Å². The summed E-state index contributed by atoms with van der Waals surface area (Å²) in [6.07, 6.45) is 1.96. The molecule has 1 saturated carbocycles. The van der Waals surface area contributed by atoms with Gasteiger partial charge in [0.15, 0.2) is 5.11 Å². The molecule has 1 aromatic carbocycles. The van der Waals surface area contributed by atoms with Gasteiger partial charge in [0.05, 0.1) is 7.11 Å². The first-order valence-corrected chi connectivity index (χ1v) is 6.31. The van der Waals surface area contributed by atoms with Crippen LogP contribution >= 0.6 is 12.2 Å². The summed E-state index contributed by atoms with van der Waals surface area (Å²) >= 11 is 5.06. The molecule has 0 atom stereocenters. The highest BCUT2D eigenvalue weighted by Crippen LogP contribution is 2.28. The van der Waals surface area contributed by atoms with Crippen LogP contribution in [0.3, 0.4) is 0 Å². The summed E-state index contributed by atoms with van der Waals surface area (Å²) < 4.78 is 5.08. The van der Waals surface area contributed by atoms with Gasteiger partial charge in [0.1, 0.15) is 5.75 Å². The van der Waals surface area contributed by atoms with Crippen LogP contribution in [0, 0.1) is 5.92 Å². The Morgan fingerprint density at radius 1 is 1.39 bits per heavy atom. The van der Waals surface area contributed by atoms with Gasteiger partial charge in [-0.3, -0.25) is 4.79 Å². The fourth-order valence-corrected chi connectivity index (χ4v) is 1.70. The minimum absolute atomic E-state index is 0.0298. The van der Waals surface area contributed by atoms with E-state index >= 15 is 0 Å². The van der Waals surface area contributed by atoms with E-state index in [1.165, 1.54) is 0 Å². The third kappa shape index (κ3) is 3.70. The lowest BCUT2D eigenvalue weighted by atomic mass is 10.2. The number of carbonyl (C=O) groups excluding carboxylic acids is 1. The molecule has 0 aliphatic heterocycles. The van der Waals surface area contributed by atoms with E-state index in [0.29, 0.717) is 11.7 Å². The predicted molar refractivity (Wildman–Crippen MR) is 73.3 cm³/mol. The maximum absolute atomic E-state index is 11.5. The van der Waals surface area contributed by atoms with E-state index in [1.54, 1.807) is 7.11 Å². The third-order valence-electron chi connectivity index (χ3n) is 2.80. The zero-order valence-electron chi connectivity index (χ0n) is 10.2. The van der Waals surface area contributed by atoms with Gasteiger partial charge in [0, 0.05) is 12.5 Å². The van der Waals surface area contributed by atoms with Gasteiger partial charge in [-0.1, -0.05) is 12.1 Å². The summed E-state index contributed by atoms with van der Waals surface area (Å²) in [4.78, 5) is 11.5. The van der Waals surface area contributed by atoms with Crippen LogP contribution in [0.25, 0.3) is 0 Å². The second kappa shape index (κ2) is 5.82. The predicted octanol–water partition coefficient (Wildman–Crippen LogP) is 1.60. The van der Waals surface area contributed by atoms with E-state index in [2.05, 4.69) is 10.6 Å². The molecule has 4 nitrogen and oxygen atoms in total. The number of hydrogen-bond acceptors (Lipinski definition) is 3. The normalized spacial score (nSPS) is 13.8. The van der Waals surface area contributed by atoms with Gasteiger partial charge in [-0.15, -0.1) is 0 Å². The first-order valence-electron chi connectivity index (χ1n) is 5.90. The maximum Gasteiger partial charge on any atom is 0.229 e. The fourth-order valence-electron chi connectivity index (χ4n) is 1.53. The van der Waals surface area contributed by atoms with Gasteiger partial charge in [0.2, 0.25) is 5.91 Å². The van der Waals surface area contributed by atoms with Crippen LogP contribution in [-0.2, 0) is 11.3 Å². The van der Waals surface area contributed by atoms with E-state index < -0.39 is 0 Å². The van der Waals surface area contributed by atoms with Crippen molar-refractivity contribution in [1.29, 1.82) is 0 Å². The first kappa shape index (κ1) is 12.8. The molecule has 0 heterocycles. The summed E-state index contributed by atoms with van der Waals surface area (Å²) in [7, 11) is 1.63. The number of hydrogen-bond donors (Lipinski definition) is 2. The number of thiocarbonyl (C=S) groups is 1. The monoisotopic (exact) mass is 264 g/mol. The van der Waals surface area contributed by atoms with Crippen molar-refractivity contribution in [3.05, 3.63) is 29.8 Å². The Bertz CT molecular complexity index is 441. The molecule has 2 N–H and O–H groups in total. The smallest absolute Gasteiger partial charge is 0.229 e. The Labute approximate surface area is 112 Å². The summed E-state index contributed by atoms with van der Waals surface area (Å²) in [6.45, 7) is 0.591. The number of methoxy groups -OCH3 is 1. The van der Waals surface area contributed by atoms with Crippen LogP contribution in [0.2, 0.25) is 0 Å². The molecule has 0 unspecified atom stereocenters. The topological polar surface area (TPSA) is 50.4 Å². The van der Waals surface area contributed by atoms with E-state index in [4.69, 9.17) is 17.0 Å². The first-order chi connectivity index (χ1) is 8.69. The Morgan fingerprint density at radius 2 is 2.06 bits per heavy atom. The molecule has 96 valence electrons. The van der Waals surface area contributed by atoms with Crippen molar-refractivity contribution in [3.63, 3.8) is 0 Å². The summed E-state index contributed by atoms with van der Waals surface area (Å²) in [5, 5.41) is 6.09. The lowest BCUT2D eigenvalue weighted by Gasteiger charge is -2.09. The molecule has 0 spiro atoms. The van der Waals surface area contributed by atoms with Crippen molar-refractivity contribution in [1.82, 2.24) is 10.6 Å². The molecule has 1 aromatic rings. The van der Waals surface area contributed by atoms with Gasteiger partial charge in [0.25, 0.3) is 0 Å². The van der Waals surface area contributed by atoms with E-state index in [-0.39, 0.29) is 11.8 Å². The molecule has 18 heavy (non-hydrogen) atoms. The third-order valence-corrected chi connectivity index (χ3v) is 3.04. The zero-order valence-corrected chi connectivity index (χ0v) is 11.0. The molecule has 2 rings (SSSR count). The van der Waals surface area contributed by atoms with Crippen LogP contribution in [0.4, 0.5) is 0 Å². The van der Waals surface area contributed by atoms with Crippen LogP contribution in [0.1, 0.15) is 18.4 Å². The van der Waals surface area contributed by atoms with E-state index in [0.717, 1.165) is 24.2 Å². The second-order valence-corrected chi connectivity index (χ2v) is 4.70. The van der Waals surface area contributed by atoms with E-state index in [1.807, 2.05) is 24.3 Å². The van der Waals surface area contributed by atoms with Gasteiger partial charge < -0.3 is 15.4 Å². The van der Waals surface area contributed by atoms with Crippen LogP contribution < -0.4 is 15.4 Å². The molecule has 5 heteroatoms. The lowest BCUT2D eigenvalue weighted by Crippen LogP contribution is -2.39. The molecule has 1 amide bonds. The molecular weight excluding hydrogens is 248 g/mol. The van der Waals surface area contributed by atoms with Gasteiger partial charge >= 0.3 is 0 Å². The standard InChI is InChI=1S/C13H16N2O2S/c1-17-11-6-2-9(3-7-11)8-14-13(18)15-12(16)10-4-5-10/h2-3,6-7,10H,4-5,8H2,1H3,(H2,14,15,16,18). The summed E-state index contributed by atoms with van der Waals surface area (Å²) in [6, 6.07) is 7.69. The minimum Gasteiger partial charge on any atom is -0.497 e. The highest BCUT2D eigenvalue weighted by molar-refractivity contribution is 7.80. The SMILES string of the molecule is COc1ccc(CNC(=S)NC(=O)C2CC2)cc1. The van der Waals surface area contributed by atoms with Crippen LogP contribution in [0.5, 0.6) is 5.75 Å². The average molecular weight is 264 g/mol. The number of amides is 1. The summed E-state index contributed by atoms with van der Waals surface area (Å²) in [5.74, 6) is 1.02. The highest BCUT2D eigenvalue weighted by atomic mass is 32.1. The van der Waals surface area contributed by atoms with Gasteiger partial charge in [-0.2, -0.15) is 0 Å². The maximum atomic E-state index is 11.5. The van der Waals surface area contributed by atoms with Crippen molar-refractivity contribution >= 4 is 23.2 Å². The number of benzene rings is 1. The van der Waals surface area contributed by atoms with Crippen molar-refractivity contribution in [3.8, 4) is 5.75 Å². The van der Waals surface area contributed by atoms with Crippen LogP contribution in [-0.4, -0.2) is 18.1 Å². The molecule has 1 fully saturated rings. The number of ether oxygens (including phenoxy) is 1. The van der Waals surface area contributed by atoms with Crippen molar-refractivity contribution in [2.45, 2.75) is 19.4 Å². The van der Waals surface area contributed by atoms with Crippen molar-refractivity contribution in [2.24, 2.45) is 5.92 Å². The van der Waals surface area contributed by atoms with Crippen molar-refractivity contribution in [2.75, 3.05) is 7.11 Å². The summed E-state index contributed by atoms with van der Waals surface area (Å²) in [5.41, 5.74) is 1.08. The Balaban J connectivity index is 1.75. The van der Waals surface area contributed by atoms with Gasteiger partial charge in [-0.25, -0.2) is 0 Å². The lowest BCUT2D eigenvalue weighted by molar-refractivity contribution is -0.120. The van der Waals surface area contributed by atoms with Gasteiger partial charge in [-0.05, 0) is 42.8 Å². The Hall–Kier alpha value is -1.62. The molecular formula is C13H16N2O2S. The minimum atomic E-state index is 0.0298. The molecule has 1 aliphatic rings.